The molecule has 0 fully saturated rings. The standard InChI is InChI=1S/C14H15FN4O4S/c1-7(22-10-6-4-3-5-9(10)15)12-18-19-14(23-12)24-8(2)11(20)17-13(16)21/h3-8H,1-2H3,(H3,16,17,20,21)/t7-,8+/m1/s1. The Morgan fingerprint density at radius 1 is 1.33 bits per heavy atom. The number of amides is 3. The lowest BCUT2D eigenvalue weighted by atomic mass is 10.3. The van der Waals surface area contributed by atoms with Crippen molar-refractivity contribution in [1.82, 2.24) is 15.5 Å². The molecule has 1 aromatic carbocycles. The quantitative estimate of drug-likeness (QED) is 0.761. The van der Waals surface area contributed by atoms with Crippen molar-refractivity contribution in [1.29, 1.82) is 0 Å². The zero-order chi connectivity index (χ0) is 17.7. The van der Waals surface area contributed by atoms with Crippen LogP contribution >= 0.6 is 11.8 Å². The number of nitrogens with two attached hydrogens (primary N) is 1. The van der Waals surface area contributed by atoms with Gasteiger partial charge in [0.05, 0.1) is 5.25 Å². The normalized spacial score (nSPS) is 13.1. The highest BCUT2D eigenvalue weighted by Gasteiger charge is 2.22. The number of benzene rings is 1. The maximum Gasteiger partial charge on any atom is 0.318 e. The molecular weight excluding hydrogens is 339 g/mol. The number of hydrogen-bond acceptors (Lipinski definition) is 7. The number of thioether (sulfide) groups is 1. The lowest BCUT2D eigenvalue weighted by Crippen LogP contribution is -2.39. The van der Waals surface area contributed by atoms with E-state index in [1.165, 1.54) is 12.1 Å². The molecule has 3 amide bonds. The summed E-state index contributed by atoms with van der Waals surface area (Å²) in [4.78, 5) is 22.2. The van der Waals surface area contributed by atoms with Gasteiger partial charge in [0.15, 0.2) is 17.7 Å². The summed E-state index contributed by atoms with van der Waals surface area (Å²) in [5, 5.41) is 8.98. The molecule has 1 aromatic heterocycles. The van der Waals surface area contributed by atoms with E-state index in [1.807, 2.05) is 5.32 Å². The van der Waals surface area contributed by atoms with Crippen molar-refractivity contribution in [2.24, 2.45) is 5.73 Å². The first-order chi connectivity index (χ1) is 11.4. The monoisotopic (exact) mass is 354 g/mol. The van der Waals surface area contributed by atoms with Crippen LogP contribution in [0.1, 0.15) is 25.8 Å². The van der Waals surface area contributed by atoms with E-state index in [4.69, 9.17) is 14.9 Å². The van der Waals surface area contributed by atoms with E-state index in [9.17, 15) is 14.0 Å². The van der Waals surface area contributed by atoms with Gasteiger partial charge in [-0.1, -0.05) is 23.9 Å². The van der Waals surface area contributed by atoms with Gasteiger partial charge in [0.1, 0.15) is 0 Å². The number of halogens is 1. The van der Waals surface area contributed by atoms with Crippen LogP contribution in [-0.4, -0.2) is 27.4 Å². The second-order valence-electron chi connectivity index (χ2n) is 4.71. The van der Waals surface area contributed by atoms with E-state index in [0.29, 0.717) is 0 Å². The van der Waals surface area contributed by atoms with Crippen molar-refractivity contribution in [2.45, 2.75) is 30.4 Å². The third-order valence-electron chi connectivity index (χ3n) is 2.80. The summed E-state index contributed by atoms with van der Waals surface area (Å²) in [5.41, 5.74) is 4.88. The van der Waals surface area contributed by atoms with Crippen LogP contribution in [0.3, 0.4) is 0 Å². The molecule has 3 N–H and O–H groups in total. The maximum absolute atomic E-state index is 13.6. The number of aromatic nitrogens is 2. The minimum absolute atomic E-state index is 0.0617. The zero-order valence-electron chi connectivity index (χ0n) is 12.9. The van der Waals surface area contributed by atoms with Gasteiger partial charge in [-0.15, -0.1) is 10.2 Å². The molecule has 0 saturated heterocycles. The summed E-state index contributed by atoms with van der Waals surface area (Å²) in [6.07, 6.45) is -0.682. The first-order valence-electron chi connectivity index (χ1n) is 6.88. The number of carbonyl (C=O) groups is 2. The summed E-state index contributed by atoms with van der Waals surface area (Å²) in [6, 6.07) is 5.00. The highest BCUT2D eigenvalue weighted by molar-refractivity contribution is 8.00. The van der Waals surface area contributed by atoms with Crippen LogP contribution in [-0.2, 0) is 4.79 Å². The Balaban J connectivity index is 1.98. The Morgan fingerprint density at radius 2 is 2.04 bits per heavy atom. The van der Waals surface area contributed by atoms with Crippen LogP contribution in [0.25, 0.3) is 0 Å². The van der Waals surface area contributed by atoms with Crippen LogP contribution in [0.4, 0.5) is 9.18 Å². The summed E-state index contributed by atoms with van der Waals surface area (Å²) in [5.74, 6) is -0.895. The van der Waals surface area contributed by atoms with Crippen molar-refractivity contribution in [3.63, 3.8) is 0 Å². The Hall–Kier alpha value is -2.62. The molecule has 0 bridgehead atoms. The predicted octanol–water partition coefficient (Wildman–Crippen LogP) is 2.02. The molecule has 0 saturated carbocycles. The molecule has 24 heavy (non-hydrogen) atoms. The fourth-order valence-electron chi connectivity index (χ4n) is 1.64. The number of rotatable bonds is 6. The average molecular weight is 354 g/mol. The number of nitrogens with one attached hydrogen (secondary N) is 1. The number of hydrogen-bond donors (Lipinski definition) is 2. The van der Waals surface area contributed by atoms with Crippen molar-refractivity contribution in [3.8, 4) is 5.75 Å². The number of urea groups is 1. The molecule has 0 radical (unpaired) electrons. The van der Waals surface area contributed by atoms with E-state index >= 15 is 0 Å². The molecule has 128 valence electrons. The minimum Gasteiger partial charge on any atom is -0.478 e. The van der Waals surface area contributed by atoms with Gasteiger partial charge in [-0.25, -0.2) is 9.18 Å². The number of carbonyl (C=O) groups excluding carboxylic acids is 2. The molecule has 2 rings (SSSR count). The van der Waals surface area contributed by atoms with Crippen molar-refractivity contribution in [3.05, 3.63) is 36.0 Å². The fourth-order valence-corrected chi connectivity index (χ4v) is 2.33. The average Bonchev–Trinajstić information content (AvgIpc) is 2.97. The van der Waals surface area contributed by atoms with E-state index in [2.05, 4.69) is 10.2 Å². The van der Waals surface area contributed by atoms with Crippen molar-refractivity contribution < 1.29 is 23.1 Å². The van der Waals surface area contributed by atoms with Crippen LogP contribution < -0.4 is 15.8 Å². The molecular formula is C14H15FN4O4S. The molecule has 0 aliphatic rings. The third kappa shape index (κ3) is 4.69. The number of para-hydroxylation sites is 1. The summed E-state index contributed by atoms with van der Waals surface area (Å²) < 4.78 is 24.4. The van der Waals surface area contributed by atoms with E-state index in [-0.39, 0.29) is 16.9 Å². The van der Waals surface area contributed by atoms with Crippen LogP contribution in [0, 0.1) is 5.82 Å². The number of nitrogens with zero attached hydrogens (tertiary/aromatic N) is 2. The van der Waals surface area contributed by atoms with Crippen LogP contribution in [0.2, 0.25) is 0 Å². The molecule has 8 nitrogen and oxygen atoms in total. The van der Waals surface area contributed by atoms with Crippen molar-refractivity contribution >= 4 is 23.7 Å². The second-order valence-corrected chi connectivity index (χ2v) is 6.00. The van der Waals surface area contributed by atoms with Crippen molar-refractivity contribution in [2.75, 3.05) is 0 Å². The van der Waals surface area contributed by atoms with E-state index in [1.54, 1.807) is 26.0 Å². The number of primary amides is 1. The number of ether oxygens (including phenoxy) is 1. The highest BCUT2D eigenvalue weighted by atomic mass is 32.2. The molecule has 2 aromatic rings. The minimum atomic E-state index is -0.939. The highest BCUT2D eigenvalue weighted by Crippen LogP contribution is 2.27. The molecule has 1 heterocycles. The zero-order valence-corrected chi connectivity index (χ0v) is 13.7. The van der Waals surface area contributed by atoms with E-state index < -0.39 is 29.1 Å². The SMILES string of the molecule is C[C@H](Sc1nnc([C@@H](C)Oc2ccccc2F)o1)C(=O)NC(N)=O. The van der Waals surface area contributed by atoms with Gasteiger partial charge >= 0.3 is 6.03 Å². The Morgan fingerprint density at radius 3 is 2.71 bits per heavy atom. The lowest BCUT2D eigenvalue weighted by Gasteiger charge is -2.11. The van der Waals surface area contributed by atoms with Gasteiger partial charge in [-0.2, -0.15) is 0 Å². The summed E-state index contributed by atoms with van der Waals surface area (Å²) in [6.45, 7) is 3.17. The van der Waals surface area contributed by atoms with E-state index in [0.717, 1.165) is 11.8 Å². The lowest BCUT2D eigenvalue weighted by molar-refractivity contribution is -0.119. The van der Waals surface area contributed by atoms with Crippen LogP contribution in [0.15, 0.2) is 33.9 Å². The summed E-state index contributed by atoms with van der Waals surface area (Å²) in [7, 11) is 0. The van der Waals surface area contributed by atoms with Gasteiger partial charge in [0.25, 0.3) is 11.1 Å². The Kier molecular flexibility index (Phi) is 5.74. The molecule has 0 aliphatic heterocycles. The molecule has 0 unspecified atom stereocenters. The topological polar surface area (TPSA) is 120 Å². The first kappa shape index (κ1) is 17.7. The maximum atomic E-state index is 13.6. The smallest absolute Gasteiger partial charge is 0.318 e. The largest absolute Gasteiger partial charge is 0.478 e. The van der Waals surface area contributed by atoms with Gasteiger partial charge < -0.3 is 14.9 Å². The molecule has 0 aliphatic carbocycles. The predicted molar refractivity (Wildman–Crippen MR) is 82.8 cm³/mol. The second kappa shape index (κ2) is 7.77. The van der Waals surface area contributed by atoms with Gasteiger partial charge in [-0.05, 0) is 26.0 Å². The van der Waals surface area contributed by atoms with Gasteiger partial charge in [0, 0.05) is 0 Å². The van der Waals surface area contributed by atoms with Crippen LogP contribution in [0.5, 0.6) is 5.75 Å². The van der Waals surface area contributed by atoms with Gasteiger partial charge in [0.2, 0.25) is 5.91 Å². The summed E-state index contributed by atoms with van der Waals surface area (Å²) >= 11 is 0.952. The fraction of sp³-hybridized carbons (Fsp3) is 0.286. The molecule has 0 spiro atoms. The van der Waals surface area contributed by atoms with Gasteiger partial charge in [-0.3, -0.25) is 10.1 Å². The first-order valence-corrected chi connectivity index (χ1v) is 7.76. The molecule has 2 atom stereocenters. The Labute approximate surface area is 140 Å². The Bertz CT molecular complexity index is 739. The third-order valence-corrected chi connectivity index (χ3v) is 3.74. The number of imide groups is 1. The molecule has 10 heteroatoms.